The van der Waals surface area contributed by atoms with Crippen molar-refractivity contribution in [2.24, 2.45) is 0 Å². The quantitative estimate of drug-likeness (QED) is 0.535. The summed E-state index contributed by atoms with van der Waals surface area (Å²) >= 11 is 0. The average molecular weight is 255 g/mol. The van der Waals surface area contributed by atoms with Gasteiger partial charge in [0, 0.05) is 29.3 Å². The Morgan fingerprint density at radius 1 is 0.842 bits per heavy atom. The van der Waals surface area contributed by atoms with E-state index in [0.29, 0.717) is 0 Å². The number of anilines is 4. The zero-order valence-electron chi connectivity index (χ0n) is 11.3. The smallest absolute Gasteiger partial charge is 0.0385 e. The summed E-state index contributed by atoms with van der Waals surface area (Å²) in [6.07, 6.45) is 2.41. The summed E-state index contributed by atoms with van der Waals surface area (Å²) in [6.45, 7) is 3.22. The predicted octanol–water partition coefficient (Wildman–Crippen LogP) is 4.22. The minimum Gasteiger partial charge on any atom is -0.399 e. The maximum Gasteiger partial charge on any atom is 0.0385 e. The monoisotopic (exact) mass is 255 g/mol. The van der Waals surface area contributed by atoms with Crippen molar-refractivity contribution in [1.82, 2.24) is 0 Å². The third-order valence-corrected chi connectivity index (χ3v) is 2.94. The number of nitrogens with two attached hydrogens (primary N) is 1. The highest BCUT2D eigenvalue weighted by Crippen LogP contribution is 2.19. The number of nitrogens with one attached hydrogen (secondary N) is 2. The van der Waals surface area contributed by atoms with Crippen LogP contribution in [0.5, 0.6) is 0 Å². The van der Waals surface area contributed by atoms with Crippen LogP contribution >= 0.6 is 0 Å². The lowest BCUT2D eigenvalue weighted by molar-refractivity contribution is 0.834. The summed E-state index contributed by atoms with van der Waals surface area (Å²) < 4.78 is 0. The molecule has 0 spiro atoms. The summed E-state index contributed by atoms with van der Waals surface area (Å²) in [6, 6.07) is 16.1. The van der Waals surface area contributed by atoms with Gasteiger partial charge < -0.3 is 16.4 Å². The number of hydrogen-bond acceptors (Lipinski definition) is 3. The van der Waals surface area contributed by atoms with Crippen molar-refractivity contribution in [3.05, 3.63) is 48.5 Å². The Morgan fingerprint density at radius 3 is 1.95 bits per heavy atom. The molecule has 0 atom stereocenters. The topological polar surface area (TPSA) is 50.1 Å². The van der Waals surface area contributed by atoms with Crippen LogP contribution in [0.25, 0.3) is 0 Å². The van der Waals surface area contributed by atoms with Crippen LogP contribution in [-0.4, -0.2) is 6.54 Å². The van der Waals surface area contributed by atoms with Gasteiger partial charge >= 0.3 is 0 Å². The van der Waals surface area contributed by atoms with Crippen LogP contribution in [0.1, 0.15) is 19.8 Å². The molecule has 0 heterocycles. The van der Waals surface area contributed by atoms with Gasteiger partial charge in [-0.3, -0.25) is 0 Å². The molecule has 3 nitrogen and oxygen atoms in total. The largest absolute Gasteiger partial charge is 0.399 e. The SMILES string of the molecule is CCCCNc1ccc(Nc2ccc(N)cc2)cc1. The van der Waals surface area contributed by atoms with E-state index in [0.717, 1.165) is 29.3 Å². The van der Waals surface area contributed by atoms with Crippen molar-refractivity contribution in [2.45, 2.75) is 19.8 Å². The van der Waals surface area contributed by atoms with Crippen molar-refractivity contribution in [2.75, 3.05) is 22.9 Å². The van der Waals surface area contributed by atoms with Gasteiger partial charge in [-0.2, -0.15) is 0 Å². The summed E-state index contributed by atoms with van der Waals surface area (Å²) in [5.41, 5.74) is 9.72. The molecule has 0 radical (unpaired) electrons. The van der Waals surface area contributed by atoms with Crippen LogP contribution in [-0.2, 0) is 0 Å². The number of benzene rings is 2. The summed E-state index contributed by atoms with van der Waals surface area (Å²) in [4.78, 5) is 0. The minimum absolute atomic E-state index is 0.779. The van der Waals surface area contributed by atoms with Crippen molar-refractivity contribution in [1.29, 1.82) is 0 Å². The summed E-state index contributed by atoms with van der Waals surface area (Å²) in [5, 5.41) is 6.74. The van der Waals surface area contributed by atoms with E-state index in [4.69, 9.17) is 5.73 Å². The molecule has 0 bridgehead atoms. The lowest BCUT2D eigenvalue weighted by Crippen LogP contribution is -2.00. The van der Waals surface area contributed by atoms with E-state index < -0.39 is 0 Å². The second-order valence-electron chi connectivity index (χ2n) is 4.60. The fraction of sp³-hybridized carbons (Fsp3) is 0.250. The fourth-order valence-electron chi connectivity index (χ4n) is 1.81. The molecule has 0 aliphatic rings. The van der Waals surface area contributed by atoms with Crippen molar-refractivity contribution in [3.63, 3.8) is 0 Å². The molecule has 0 aromatic heterocycles. The first-order valence-electron chi connectivity index (χ1n) is 6.74. The van der Waals surface area contributed by atoms with Crippen LogP contribution in [0.15, 0.2) is 48.5 Å². The highest BCUT2D eigenvalue weighted by molar-refractivity contribution is 5.63. The van der Waals surface area contributed by atoms with Gasteiger partial charge in [0.05, 0.1) is 0 Å². The van der Waals surface area contributed by atoms with Gasteiger partial charge in [0.25, 0.3) is 0 Å². The van der Waals surface area contributed by atoms with Gasteiger partial charge in [0.15, 0.2) is 0 Å². The molecule has 0 fully saturated rings. The van der Waals surface area contributed by atoms with E-state index in [2.05, 4.69) is 41.8 Å². The lowest BCUT2D eigenvalue weighted by Gasteiger charge is -2.09. The Kier molecular flexibility index (Phi) is 4.67. The van der Waals surface area contributed by atoms with E-state index in [-0.39, 0.29) is 0 Å². The zero-order chi connectivity index (χ0) is 13.5. The Bertz CT molecular complexity index is 488. The molecule has 0 aliphatic carbocycles. The molecule has 0 unspecified atom stereocenters. The normalized spacial score (nSPS) is 10.2. The molecule has 4 N–H and O–H groups in total. The maximum absolute atomic E-state index is 5.66. The molecule has 3 heteroatoms. The second-order valence-corrected chi connectivity index (χ2v) is 4.60. The maximum atomic E-state index is 5.66. The standard InChI is InChI=1S/C16H21N3/c1-2-3-12-18-14-8-10-16(11-9-14)19-15-6-4-13(17)5-7-15/h4-11,18-19H,2-3,12,17H2,1H3. The van der Waals surface area contributed by atoms with Crippen molar-refractivity contribution >= 4 is 22.7 Å². The molecule has 0 amide bonds. The van der Waals surface area contributed by atoms with Gasteiger partial charge in [0.1, 0.15) is 0 Å². The van der Waals surface area contributed by atoms with Crippen LogP contribution in [0.3, 0.4) is 0 Å². The molecule has 2 aromatic carbocycles. The van der Waals surface area contributed by atoms with E-state index >= 15 is 0 Å². The number of hydrogen-bond donors (Lipinski definition) is 3. The molecule has 19 heavy (non-hydrogen) atoms. The molecule has 2 aromatic rings. The Balaban J connectivity index is 1.92. The van der Waals surface area contributed by atoms with Crippen LogP contribution in [0.2, 0.25) is 0 Å². The minimum atomic E-state index is 0.779. The second kappa shape index (κ2) is 6.69. The Hall–Kier alpha value is -2.16. The Morgan fingerprint density at radius 2 is 1.37 bits per heavy atom. The van der Waals surface area contributed by atoms with Crippen molar-refractivity contribution < 1.29 is 0 Å². The first-order chi connectivity index (χ1) is 9.28. The first kappa shape index (κ1) is 13.3. The Labute approximate surface area is 114 Å². The number of unbranched alkanes of at least 4 members (excludes halogenated alkanes) is 1. The molecule has 0 aliphatic heterocycles. The van der Waals surface area contributed by atoms with E-state index in [1.165, 1.54) is 12.8 Å². The predicted molar refractivity (Wildman–Crippen MR) is 84.0 cm³/mol. The molecular formula is C16H21N3. The summed E-state index contributed by atoms with van der Waals surface area (Å²) in [7, 11) is 0. The highest BCUT2D eigenvalue weighted by Gasteiger charge is 1.96. The van der Waals surface area contributed by atoms with Gasteiger partial charge in [-0.05, 0) is 55.0 Å². The molecule has 0 saturated heterocycles. The molecular weight excluding hydrogens is 234 g/mol. The van der Waals surface area contributed by atoms with Gasteiger partial charge in [-0.1, -0.05) is 13.3 Å². The molecule has 0 saturated carbocycles. The van der Waals surface area contributed by atoms with Crippen LogP contribution < -0.4 is 16.4 Å². The van der Waals surface area contributed by atoms with Crippen LogP contribution in [0, 0.1) is 0 Å². The third-order valence-electron chi connectivity index (χ3n) is 2.94. The van der Waals surface area contributed by atoms with Crippen molar-refractivity contribution in [3.8, 4) is 0 Å². The average Bonchev–Trinajstić information content (AvgIpc) is 2.44. The lowest BCUT2D eigenvalue weighted by atomic mass is 10.2. The fourth-order valence-corrected chi connectivity index (χ4v) is 1.81. The molecule has 100 valence electrons. The zero-order valence-corrected chi connectivity index (χ0v) is 11.3. The highest BCUT2D eigenvalue weighted by atomic mass is 14.9. The summed E-state index contributed by atoms with van der Waals surface area (Å²) in [5.74, 6) is 0. The number of rotatable bonds is 6. The van der Waals surface area contributed by atoms with E-state index in [1.807, 2.05) is 24.3 Å². The molecule has 2 rings (SSSR count). The van der Waals surface area contributed by atoms with Crippen LogP contribution in [0.4, 0.5) is 22.7 Å². The first-order valence-corrected chi connectivity index (χ1v) is 6.74. The number of nitrogen functional groups attached to an aromatic ring is 1. The van der Waals surface area contributed by atoms with Gasteiger partial charge in [-0.25, -0.2) is 0 Å². The van der Waals surface area contributed by atoms with E-state index in [9.17, 15) is 0 Å². The third kappa shape index (κ3) is 4.21. The van der Waals surface area contributed by atoms with E-state index in [1.54, 1.807) is 0 Å². The van der Waals surface area contributed by atoms with Gasteiger partial charge in [-0.15, -0.1) is 0 Å². The van der Waals surface area contributed by atoms with Gasteiger partial charge in [0.2, 0.25) is 0 Å².